The van der Waals surface area contributed by atoms with Crippen molar-refractivity contribution in [3.05, 3.63) is 46.8 Å². The topological polar surface area (TPSA) is 29.9 Å². The molecule has 0 atom stereocenters. The highest BCUT2D eigenvalue weighted by Gasteiger charge is 2.15. The Morgan fingerprint density at radius 3 is 2.38 bits per heavy atom. The lowest BCUT2D eigenvalue weighted by atomic mass is 10.1. The molecule has 0 spiro atoms. The zero-order valence-corrected chi connectivity index (χ0v) is 14.1. The molecule has 1 N–H and O–H groups in total. The van der Waals surface area contributed by atoms with Gasteiger partial charge in [-0.2, -0.15) is 5.10 Å². The number of nitrogens with one attached hydrogen (secondary N) is 1. The molecule has 114 valence electrons. The molecule has 2 aromatic rings. The van der Waals surface area contributed by atoms with Crippen LogP contribution in [0.3, 0.4) is 0 Å². The summed E-state index contributed by atoms with van der Waals surface area (Å²) in [6.07, 6.45) is 1.03. The number of benzene rings is 1. The third kappa shape index (κ3) is 3.53. The van der Waals surface area contributed by atoms with Gasteiger partial charge in [0.05, 0.1) is 11.4 Å². The highest BCUT2D eigenvalue weighted by atomic mass is 15.3. The summed E-state index contributed by atoms with van der Waals surface area (Å²) in [5.41, 5.74) is 6.30. The maximum atomic E-state index is 4.75. The number of hydrogen-bond donors (Lipinski definition) is 1. The average molecular weight is 285 g/mol. The maximum Gasteiger partial charge on any atom is 0.0693 e. The SMILES string of the molecule is CCc1c(C)nn(-c2ccccc2CNC(C)(C)C)c1C. The molecule has 0 fully saturated rings. The van der Waals surface area contributed by atoms with Crippen LogP contribution in [0.4, 0.5) is 0 Å². The molecule has 0 saturated carbocycles. The molecule has 0 radical (unpaired) electrons. The van der Waals surface area contributed by atoms with Crippen molar-refractivity contribution in [1.82, 2.24) is 15.1 Å². The minimum absolute atomic E-state index is 0.108. The summed E-state index contributed by atoms with van der Waals surface area (Å²) in [5, 5.41) is 8.31. The smallest absolute Gasteiger partial charge is 0.0693 e. The van der Waals surface area contributed by atoms with Crippen LogP contribution in [0.15, 0.2) is 24.3 Å². The monoisotopic (exact) mass is 285 g/mol. The van der Waals surface area contributed by atoms with Crippen LogP contribution in [0.2, 0.25) is 0 Å². The van der Waals surface area contributed by atoms with E-state index >= 15 is 0 Å². The maximum absolute atomic E-state index is 4.75. The number of hydrogen-bond acceptors (Lipinski definition) is 2. The third-order valence-electron chi connectivity index (χ3n) is 3.82. The van der Waals surface area contributed by atoms with Gasteiger partial charge in [0, 0.05) is 17.8 Å². The number of para-hydroxylation sites is 1. The normalized spacial score (nSPS) is 11.9. The first-order chi connectivity index (χ1) is 9.83. The van der Waals surface area contributed by atoms with Crippen LogP contribution in [0, 0.1) is 13.8 Å². The Kier molecular flexibility index (Phi) is 4.52. The lowest BCUT2D eigenvalue weighted by Crippen LogP contribution is -2.35. The van der Waals surface area contributed by atoms with E-state index in [9.17, 15) is 0 Å². The van der Waals surface area contributed by atoms with Crippen molar-refractivity contribution in [1.29, 1.82) is 0 Å². The largest absolute Gasteiger partial charge is 0.308 e. The first-order valence-electron chi connectivity index (χ1n) is 7.72. The van der Waals surface area contributed by atoms with Crippen molar-refractivity contribution in [2.75, 3.05) is 0 Å². The Morgan fingerprint density at radius 2 is 1.81 bits per heavy atom. The van der Waals surface area contributed by atoms with Gasteiger partial charge in [-0.25, -0.2) is 4.68 Å². The van der Waals surface area contributed by atoms with E-state index in [0.717, 1.165) is 18.7 Å². The number of nitrogens with zero attached hydrogens (tertiary/aromatic N) is 2. The first-order valence-corrected chi connectivity index (χ1v) is 7.72. The van der Waals surface area contributed by atoms with Crippen molar-refractivity contribution in [2.24, 2.45) is 0 Å². The summed E-state index contributed by atoms with van der Waals surface area (Å²) < 4.78 is 2.09. The van der Waals surface area contributed by atoms with Crippen LogP contribution in [-0.4, -0.2) is 15.3 Å². The van der Waals surface area contributed by atoms with Crippen molar-refractivity contribution in [2.45, 2.75) is 60.0 Å². The van der Waals surface area contributed by atoms with E-state index in [2.05, 4.69) is 75.8 Å². The van der Waals surface area contributed by atoms with Crippen LogP contribution in [0.5, 0.6) is 0 Å². The van der Waals surface area contributed by atoms with E-state index in [4.69, 9.17) is 5.10 Å². The first kappa shape index (κ1) is 15.8. The molecule has 0 unspecified atom stereocenters. The van der Waals surface area contributed by atoms with Gasteiger partial charge < -0.3 is 5.32 Å². The Morgan fingerprint density at radius 1 is 1.14 bits per heavy atom. The van der Waals surface area contributed by atoms with E-state index < -0.39 is 0 Å². The summed E-state index contributed by atoms with van der Waals surface area (Å²) in [7, 11) is 0. The predicted molar refractivity (Wildman–Crippen MR) is 89.0 cm³/mol. The fraction of sp³-hybridized carbons (Fsp3) is 0.500. The van der Waals surface area contributed by atoms with Gasteiger partial charge in [-0.15, -0.1) is 0 Å². The Hall–Kier alpha value is -1.61. The van der Waals surface area contributed by atoms with E-state index in [0.29, 0.717) is 0 Å². The van der Waals surface area contributed by atoms with E-state index in [1.807, 2.05) is 0 Å². The standard InChI is InChI=1S/C18H27N3/c1-7-16-13(2)20-21(14(16)3)17-11-9-8-10-15(17)12-19-18(4,5)6/h8-11,19H,7,12H2,1-6H3. The third-order valence-corrected chi connectivity index (χ3v) is 3.82. The van der Waals surface area contributed by atoms with Crippen molar-refractivity contribution >= 4 is 0 Å². The summed E-state index contributed by atoms with van der Waals surface area (Å²) in [5.74, 6) is 0. The molecule has 0 saturated heterocycles. The van der Waals surface area contributed by atoms with Crippen LogP contribution >= 0.6 is 0 Å². The molecule has 3 heteroatoms. The van der Waals surface area contributed by atoms with Crippen LogP contribution in [0.1, 0.15) is 50.2 Å². The van der Waals surface area contributed by atoms with E-state index in [1.54, 1.807) is 0 Å². The van der Waals surface area contributed by atoms with Crippen molar-refractivity contribution < 1.29 is 0 Å². The fourth-order valence-corrected chi connectivity index (χ4v) is 2.65. The van der Waals surface area contributed by atoms with Gasteiger partial charge in [-0.1, -0.05) is 25.1 Å². The van der Waals surface area contributed by atoms with Gasteiger partial charge in [-0.3, -0.25) is 0 Å². The highest BCUT2D eigenvalue weighted by molar-refractivity contribution is 5.43. The van der Waals surface area contributed by atoms with Crippen molar-refractivity contribution in [3.8, 4) is 5.69 Å². The highest BCUT2D eigenvalue weighted by Crippen LogP contribution is 2.21. The number of aryl methyl sites for hydroxylation is 1. The molecular formula is C18H27N3. The Balaban J connectivity index is 2.41. The molecule has 0 amide bonds. The predicted octanol–water partition coefficient (Wildman–Crippen LogP) is 3.94. The van der Waals surface area contributed by atoms with Gasteiger partial charge in [0.25, 0.3) is 0 Å². The Labute approximate surface area is 128 Å². The average Bonchev–Trinajstić information content (AvgIpc) is 2.70. The lowest BCUT2D eigenvalue weighted by Gasteiger charge is -2.22. The van der Waals surface area contributed by atoms with E-state index in [1.165, 1.54) is 22.5 Å². The minimum atomic E-state index is 0.108. The fourth-order valence-electron chi connectivity index (χ4n) is 2.65. The van der Waals surface area contributed by atoms with Crippen LogP contribution < -0.4 is 5.32 Å². The van der Waals surface area contributed by atoms with Crippen LogP contribution in [-0.2, 0) is 13.0 Å². The minimum Gasteiger partial charge on any atom is -0.308 e. The molecule has 21 heavy (non-hydrogen) atoms. The van der Waals surface area contributed by atoms with Gasteiger partial charge >= 0.3 is 0 Å². The Bertz CT molecular complexity index is 618. The summed E-state index contributed by atoms with van der Waals surface area (Å²) in [4.78, 5) is 0. The molecule has 0 bridgehead atoms. The molecule has 1 aromatic carbocycles. The van der Waals surface area contributed by atoms with Crippen molar-refractivity contribution in [3.63, 3.8) is 0 Å². The van der Waals surface area contributed by atoms with E-state index in [-0.39, 0.29) is 5.54 Å². The molecule has 0 aliphatic heterocycles. The second-order valence-electron chi connectivity index (χ2n) is 6.65. The second kappa shape index (κ2) is 6.02. The number of rotatable bonds is 4. The number of aromatic nitrogens is 2. The van der Waals surface area contributed by atoms with Gasteiger partial charge in [0.2, 0.25) is 0 Å². The molecule has 3 nitrogen and oxygen atoms in total. The molecule has 1 heterocycles. The van der Waals surface area contributed by atoms with Gasteiger partial charge in [0.15, 0.2) is 0 Å². The summed E-state index contributed by atoms with van der Waals surface area (Å²) in [6, 6.07) is 8.50. The molecule has 1 aromatic heterocycles. The second-order valence-corrected chi connectivity index (χ2v) is 6.65. The lowest BCUT2D eigenvalue weighted by molar-refractivity contribution is 0.424. The molecule has 0 aliphatic carbocycles. The van der Waals surface area contributed by atoms with Gasteiger partial charge in [0.1, 0.15) is 0 Å². The molecule has 2 rings (SSSR count). The molecular weight excluding hydrogens is 258 g/mol. The summed E-state index contributed by atoms with van der Waals surface area (Å²) >= 11 is 0. The quantitative estimate of drug-likeness (QED) is 0.922. The zero-order valence-electron chi connectivity index (χ0n) is 14.1. The molecule has 0 aliphatic rings. The van der Waals surface area contributed by atoms with Gasteiger partial charge in [-0.05, 0) is 58.2 Å². The van der Waals surface area contributed by atoms with Crippen LogP contribution in [0.25, 0.3) is 5.69 Å². The zero-order chi connectivity index (χ0) is 15.6. The summed E-state index contributed by atoms with van der Waals surface area (Å²) in [6.45, 7) is 13.9.